The highest BCUT2D eigenvalue weighted by molar-refractivity contribution is 7.85. The largest absolute Gasteiger partial charge is 0.355 e. The summed E-state index contributed by atoms with van der Waals surface area (Å²) in [7, 11) is -0.636. The number of hydrogen-bond acceptors (Lipinski definition) is 4. The molecule has 0 spiro atoms. The second kappa shape index (κ2) is 4.93. The number of nitrogens with two attached hydrogens (primary N) is 1. The molecular weight excluding hydrogens is 222 g/mol. The van der Waals surface area contributed by atoms with Crippen molar-refractivity contribution in [3.63, 3.8) is 0 Å². The Hall–Kier alpha value is -0.940. The zero-order valence-corrected chi connectivity index (χ0v) is 10.2. The molecule has 0 bridgehead atoms. The Morgan fingerprint density at radius 3 is 2.62 bits per heavy atom. The molecule has 16 heavy (non-hydrogen) atoms. The third kappa shape index (κ3) is 2.59. The van der Waals surface area contributed by atoms with Gasteiger partial charge in [-0.15, -0.1) is 0 Å². The van der Waals surface area contributed by atoms with Crippen LogP contribution >= 0.6 is 0 Å². The lowest BCUT2D eigenvalue weighted by Gasteiger charge is -2.27. The van der Waals surface area contributed by atoms with Crippen LogP contribution in [0.1, 0.15) is 18.5 Å². The summed E-state index contributed by atoms with van der Waals surface area (Å²) in [6.07, 6.45) is 1.82. The highest BCUT2D eigenvalue weighted by atomic mass is 32.2. The van der Waals surface area contributed by atoms with E-state index in [0.29, 0.717) is 0 Å². The number of aromatic nitrogens is 1. The normalized spacial score (nSPS) is 19.8. The number of hydrogen-bond donors (Lipinski definition) is 1. The Morgan fingerprint density at radius 1 is 1.44 bits per heavy atom. The van der Waals surface area contributed by atoms with Gasteiger partial charge in [0.05, 0.1) is 0 Å². The molecule has 0 aliphatic carbocycles. The number of pyridine rings is 1. The third-order valence-electron chi connectivity index (χ3n) is 2.80. The third-order valence-corrected chi connectivity index (χ3v) is 4.07. The summed E-state index contributed by atoms with van der Waals surface area (Å²) in [4.78, 5) is 6.57. The topological polar surface area (TPSA) is 59.2 Å². The van der Waals surface area contributed by atoms with Gasteiger partial charge in [0.25, 0.3) is 0 Å². The van der Waals surface area contributed by atoms with E-state index in [1.165, 1.54) is 0 Å². The van der Waals surface area contributed by atoms with Crippen LogP contribution < -0.4 is 10.6 Å². The maximum absolute atomic E-state index is 11.2. The summed E-state index contributed by atoms with van der Waals surface area (Å²) in [6.45, 7) is 3.61. The Kier molecular flexibility index (Phi) is 3.56. The van der Waals surface area contributed by atoms with Gasteiger partial charge in [0.2, 0.25) is 0 Å². The van der Waals surface area contributed by atoms with Gasteiger partial charge in [-0.3, -0.25) is 4.21 Å². The highest BCUT2D eigenvalue weighted by Gasteiger charge is 2.16. The van der Waals surface area contributed by atoms with Crippen molar-refractivity contribution in [2.24, 2.45) is 5.73 Å². The van der Waals surface area contributed by atoms with Crippen molar-refractivity contribution in [2.75, 3.05) is 29.5 Å². The molecule has 4 nitrogen and oxygen atoms in total. The summed E-state index contributed by atoms with van der Waals surface area (Å²) < 4.78 is 11.2. The molecule has 1 aliphatic heterocycles. The molecule has 2 rings (SSSR count). The molecule has 1 saturated heterocycles. The van der Waals surface area contributed by atoms with E-state index in [2.05, 4.69) is 9.88 Å². The lowest BCUT2D eigenvalue weighted by Crippen LogP contribution is -2.38. The number of anilines is 1. The van der Waals surface area contributed by atoms with Crippen LogP contribution in [0.5, 0.6) is 0 Å². The van der Waals surface area contributed by atoms with Crippen LogP contribution in [0.4, 0.5) is 5.82 Å². The second-order valence-electron chi connectivity index (χ2n) is 4.07. The van der Waals surface area contributed by atoms with E-state index in [4.69, 9.17) is 5.73 Å². The van der Waals surface area contributed by atoms with E-state index in [9.17, 15) is 4.21 Å². The second-order valence-corrected chi connectivity index (χ2v) is 5.77. The Balaban J connectivity index is 2.07. The van der Waals surface area contributed by atoms with Gasteiger partial charge in [0.15, 0.2) is 0 Å². The van der Waals surface area contributed by atoms with Crippen LogP contribution in [0.25, 0.3) is 0 Å². The first-order chi connectivity index (χ1) is 7.66. The fourth-order valence-electron chi connectivity index (χ4n) is 1.72. The SMILES string of the molecule is C[C@@H](N)c1ccc(N2CCS(=O)CC2)nc1. The summed E-state index contributed by atoms with van der Waals surface area (Å²) in [6, 6.07) is 4.03. The van der Waals surface area contributed by atoms with E-state index >= 15 is 0 Å². The van der Waals surface area contributed by atoms with Gasteiger partial charge in [-0.25, -0.2) is 4.98 Å². The van der Waals surface area contributed by atoms with E-state index in [-0.39, 0.29) is 6.04 Å². The maximum atomic E-state index is 11.2. The first-order valence-corrected chi connectivity index (χ1v) is 6.97. The van der Waals surface area contributed by atoms with Gasteiger partial charge in [0, 0.05) is 47.6 Å². The summed E-state index contributed by atoms with van der Waals surface area (Å²) >= 11 is 0. The molecule has 1 atom stereocenters. The molecule has 1 fully saturated rings. The molecule has 0 radical (unpaired) electrons. The minimum absolute atomic E-state index is 0.0235. The van der Waals surface area contributed by atoms with Crippen LogP contribution in [-0.2, 0) is 10.8 Å². The Labute approximate surface area is 98.3 Å². The van der Waals surface area contributed by atoms with E-state index < -0.39 is 10.8 Å². The minimum atomic E-state index is -0.636. The number of nitrogens with zero attached hydrogens (tertiary/aromatic N) is 2. The van der Waals surface area contributed by atoms with Crippen LogP contribution in [0, 0.1) is 0 Å². The standard InChI is InChI=1S/C11H17N3OS/c1-9(12)10-2-3-11(13-8-10)14-4-6-16(15)7-5-14/h2-3,8-9H,4-7,12H2,1H3/t9-/m1/s1. The van der Waals surface area contributed by atoms with Crippen molar-refractivity contribution in [3.8, 4) is 0 Å². The van der Waals surface area contributed by atoms with Crippen molar-refractivity contribution in [1.29, 1.82) is 0 Å². The van der Waals surface area contributed by atoms with Crippen molar-refractivity contribution in [3.05, 3.63) is 23.9 Å². The highest BCUT2D eigenvalue weighted by Crippen LogP contribution is 2.16. The molecule has 1 aliphatic rings. The Bertz CT molecular complexity index is 367. The van der Waals surface area contributed by atoms with Crippen LogP contribution in [0.2, 0.25) is 0 Å². The van der Waals surface area contributed by atoms with E-state index in [1.807, 2.05) is 25.3 Å². The molecule has 0 saturated carbocycles. The van der Waals surface area contributed by atoms with Crippen LogP contribution in [0.15, 0.2) is 18.3 Å². The van der Waals surface area contributed by atoms with Crippen molar-refractivity contribution in [2.45, 2.75) is 13.0 Å². The van der Waals surface area contributed by atoms with Gasteiger partial charge in [-0.1, -0.05) is 6.07 Å². The van der Waals surface area contributed by atoms with E-state index in [1.54, 1.807) is 0 Å². The molecule has 88 valence electrons. The molecule has 1 aromatic heterocycles. The first kappa shape index (κ1) is 11.5. The molecule has 2 N–H and O–H groups in total. The molecule has 5 heteroatoms. The smallest absolute Gasteiger partial charge is 0.128 e. The average molecular weight is 239 g/mol. The first-order valence-electron chi connectivity index (χ1n) is 5.48. The molecule has 0 unspecified atom stereocenters. The average Bonchev–Trinajstić information content (AvgIpc) is 2.30. The monoisotopic (exact) mass is 239 g/mol. The Morgan fingerprint density at radius 2 is 2.12 bits per heavy atom. The van der Waals surface area contributed by atoms with Gasteiger partial charge >= 0.3 is 0 Å². The number of rotatable bonds is 2. The maximum Gasteiger partial charge on any atom is 0.128 e. The summed E-state index contributed by atoms with van der Waals surface area (Å²) in [5.41, 5.74) is 6.81. The van der Waals surface area contributed by atoms with Crippen molar-refractivity contribution >= 4 is 16.6 Å². The molecule has 1 aromatic rings. The van der Waals surface area contributed by atoms with Crippen molar-refractivity contribution < 1.29 is 4.21 Å². The van der Waals surface area contributed by atoms with E-state index in [0.717, 1.165) is 36.0 Å². The van der Waals surface area contributed by atoms with Gasteiger partial charge in [-0.05, 0) is 18.6 Å². The lowest BCUT2D eigenvalue weighted by molar-refractivity contribution is 0.672. The van der Waals surface area contributed by atoms with Crippen LogP contribution in [0.3, 0.4) is 0 Å². The molecular formula is C11H17N3OS. The zero-order valence-electron chi connectivity index (χ0n) is 9.43. The summed E-state index contributed by atoms with van der Waals surface area (Å²) in [5, 5.41) is 0. The van der Waals surface area contributed by atoms with Crippen LogP contribution in [-0.4, -0.2) is 33.8 Å². The predicted octanol–water partition coefficient (Wildman–Crippen LogP) is 0.670. The summed E-state index contributed by atoms with van der Waals surface area (Å²) in [5.74, 6) is 2.45. The van der Waals surface area contributed by atoms with Gasteiger partial charge in [0.1, 0.15) is 5.82 Å². The fourth-order valence-corrected chi connectivity index (χ4v) is 2.77. The predicted molar refractivity (Wildman–Crippen MR) is 66.9 cm³/mol. The molecule has 0 amide bonds. The quantitative estimate of drug-likeness (QED) is 0.824. The minimum Gasteiger partial charge on any atom is -0.355 e. The lowest BCUT2D eigenvalue weighted by atomic mass is 10.1. The zero-order chi connectivity index (χ0) is 11.5. The van der Waals surface area contributed by atoms with Gasteiger partial charge in [-0.2, -0.15) is 0 Å². The van der Waals surface area contributed by atoms with Gasteiger partial charge < -0.3 is 10.6 Å². The molecule has 2 heterocycles. The molecule has 0 aromatic carbocycles. The fraction of sp³-hybridized carbons (Fsp3) is 0.545. The van der Waals surface area contributed by atoms with Crippen molar-refractivity contribution in [1.82, 2.24) is 4.98 Å².